The number of rotatable bonds is 8. The lowest BCUT2D eigenvalue weighted by atomic mass is 9.92. The first-order valence-corrected chi connectivity index (χ1v) is 15.0. The van der Waals surface area contributed by atoms with Crippen LogP contribution in [0.15, 0.2) is 85.0 Å². The SMILES string of the molecule is CO[C@@](C(=O)O[C@H]1/C=C/C(=O)O[C@H](C)[C@H](OC(=O)[C@](OC)(c2ccccc2)C(F)(F)F)/C=C/C(=O)O[C@H](C)CC1)(c1ccccc1)C(F)(F)F. The second kappa shape index (κ2) is 16.3. The van der Waals surface area contributed by atoms with Crippen molar-refractivity contribution >= 4 is 23.9 Å². The second-order valence-electron chi connectivity index (χ2n) is 11.0. The van der Waals surface area contributed by atoms with Crippen LogP contribution in [0.5, 0.6) is 0 Å². The maximum atomic E-state index is 14.4. The Bertz CT molecular complexity index is 1540. The molecule has 0 saturated heterocycles. The van der Waals surface area contributed by atoms with Crippen LogP contribution in [0, 0.1) is 0 Å². The summed E-state index contributed by atoms with van der Waals surface area (Å²) in [4.78, 5) is 51.9. The van der Waals surface area contributed by atoms with Crippen LogP contribution < -0.4 is 0 Å². The molecule has 0 radical (unpaired) electrons. The van der Waals surface area contributed by atoms with Crippen molar-refractivity contribution in [2.45, 2.75) is 74.7 Å². The third-order valence-corrected chi connectivity index (χ3v) is 7.66. The summed E-state index contributed by atoms with van der Waals surface area (Å²) in [5.41, 5.74) is -8.38. The summed E-state index contributed by atoms with van der Waals surface area (Å²) in [5, 5.41) is 0. The molecular formula is C34H34F6O10. The van der Waals surface area contributed by atoms with Gasteiger partial charge in [-0.05, 0) is 38.8 Å². The van der Waals surface area contributed by atoms with E-state index in [0.29, 0.717) is 20.3 Å². The number of hydrogen-bond donors (Lipinski definition) is 0. The van der Waals surface area contributed by atoms with Gasteiger partial charge in [-0.1, -0.05) is 60.7 Å². The van der Waals surface area contributed by atoms with Crippen LogP contribution in [0.4, 0.5) is 26.3 Å². The van der Waals surface area contributed by atoms with Crippen LogP contribution in [0.25, 0.3) is 0 Å². The number of carbonyl (C=O) groups is 4. The first-order valence-electron chi connectivity index (χ1n) is 15.0. The summed E-state index contributed by atoms with van der Waals surface area (Å²) < 4.78 is 117. The Labute approximate surface area is 282 Å². The van der Waals surface area contributed by atoms with E-state index >= 15 is 0 Å². The summed E-state index contributed by atoms with van der Waals surface area (Å²) in [5.74, 6) is -6.09. The van der Waals surface area contributed by atoms with E-state index in [1.807, 2.05) is 0 Å². The summed E-state index contributed by atoms with van der Waals surface area (Å²) >= 11 is 0. The molecule has 6 atom stereocenters. The summed E-state index contributed by atoms with van der Waals surface area (Å²) in [6, 6.07) is 11.8. The lowest BCUT2D eigenvalue weighted by Crippen LogP contribution is -2.53. The minimum atomic E-state index is -5.35. The van der Waals surface area contributed by atoms with Gasteiger partial charge in [-0.2, -0.15) is 26.3 Å². The number of esters is 4. The standard InChI is InChI=1S/C34H34F6O10/c1-21-15-16-25(49-29(43)31(45-3,33(35,36)37)23-11-7-5-8-12-23)17-19-28(42)48-22(2)26(18-20-27(41)47-21)50-30(44)32(46-4,34(38,39)40)24-13-9-6-10-14-24/h5-14,17-22,25-26H,15-16H2,1-4H3/b19-17+,20-18+/t21-,22-,25-,26-,31-,32-/m1/s1. The molecule has 0 amide bonds. The van der Waals surface area contributed by atoms with Gasteiger partial charge in [-0.25, -0.2) is 19.2 Å². The van der Waals surface area contributed by atoms with E-state index in [1.54, 1.807) is 0 Å². The molecule has 1 aliphatic rings. The first kappa shape index (κ1) is 39.7. The lowest BCUT2D eigenvalue weighted by Gasteiger charge is -2.34. The molecule has 50 heavy (non-hydrogen) atoms. The zero-order valence-electron chi connectivity index (χ0n) is 27.2. The fourth-order valence-electron chi connectivity index (χ4n) is 5.03. The smallest absolute Gasteiger partial charge is 0.432 e. The Morgan fingerprint density at radius 2 is 1.10 bits per heavy atom. The van der Waals surface area contributed by atoms with Gasteiger partial charge in [0.05, 0.1) is 6.10 Å². The van der Waals surface area contributed by atoms with Gasteiger partial charge in [-0.15, -0.1) is 0 Å². The van der Waals surface area contributed by atoms with E-state index in [9.17, 15) is 45.5 Å². The van der Waals surface area contributed by atoms with E-state index in [2.05, 4.69) is 0 Å². The minimum Gasteiger partial charge on any atom is -0.460 e. The van der Waals surface area contributed by atoms with E-state index < -0.39 is 83.0 Å². The third-order valence-electron chi connectivity index (χ3n) is 7.66. The first-order chi connectivity index (χ1) is 23.4. The van der Waals surface area contributed by atoms with Crippen LogP contribution in [0.2, 0.25) is 0 Å². The maximum Gasteiger partial charge on any atom is 0.432 e. The molecule has 0 fully saturated rings. The fourth-order valence-corrected chi connectivity index (χ4v) is 5.03. The number of carbonyl (C=O) groups excluding carboxylic acids is 4. The predicted molar refractivity (Wildman–Crippen MR) is 161 cm³/mol. The van der Waals surface area contributed by atoms with E-state index in [-0.39, 0.29) is 12.8 Å². The third kappa shape index (κ3) is 8.71. The normalized spacial score (nSPS) is 24.6. The molecule has 10 nitrogen and oxygen atoms in total. The molecule has 2 aromatic rings. The molecule has 0 unspecified atom stereocenters. The van der Waals surface area contributed by atoms with Crippen molar-refractivity contribution in [1.82, 2.24) is 0 Å². The maximum absolute atomic E-state index is 14.4. The molecule has 3 rings (SSSR count). The summed E-state index contributed by atoms with van der Waals surface area (Å²) in [7, 11) is 1.32. The van der Waals surface area contributed by atoms with E-state index in [4.69, 9.17) is 28.4 Å². The van der Waals surface area contributed by atoms with Gasteiger partial charge in [0.2, 0.25) is 0 Å². The van der Waals surface area contributed by atoms with Crippen LogP contribution in [-0.4, -0.2) is 74.9 Å². The van der Waals surface area contributed by atoms with Gasteiger partial charge < -0.3 is 28.4 Å². The van der Waals surface area contributed by atoms with Gasteiger partial charge in [-0.3, -0.25) is 0 Å². The summed E-state index contributed by atoms with van der Waals surface area (Å²) in [6.07, 6.45) is -13.6. The van der Waals surface area contributed by atoms with Crippen LogP contribution in [-0.2, 0) is 58.8 Å². The molecule has 0 aromatic heterocycles. The number of halogens is 6. The van der Waals surface area contributed by atoms with Crippen LogP contribution >= 0.6 is 0 Å². The molecule has 0 bridgehead atoms. The van der Waals surface area contributed by atoms with E-state index in [0.717, 1.165) is 49.4 Å². The Hall–Kier alpha value is -4.70. The van der Waals surface area contributed by atoms with Crippen molar-refractivity contribution in [2.75, 3.05) is 14.2 Å². The number of benzene rings is 2. The Morgan fingerprint density at radius 1 is 0.660 bits per heavy atom. The molecule has 0 N–H and O–H groups in total. The molecule has 1 heterocycles. The number of alkyl halides is 6. The van der Waals surface area contributed by atoms with Crippen LogP contribution in [0.1, 0.15) is 37.8 Å². The highest BCUT2D eigenvalue weighted by Gasteiger charge is 2.65. The van der Waals surface area contributed by atoms with Crippen molar-refractivity contribution in [3.63, 3.8) is 0 Å². The topological polar surface area (TPSA) is 124 Å². The van der Waals surface area contributed by atoms with Crippen molar-refractivity contribution in [3.05, 3.63) is 96.1 Å². The highest BCUT2D eigenvalue weighted by Crippen LogP contribution is 2.44. The fraction of sp³-hybridized carbons (Fsp3) is 0.412. The Balaban J connectivity index is 1.94. The monoisotopic (exact) mass is 716 g/mol. The number of ether oxygens (including phenoxy) is 6. The molecule has 16 heteroatoms. The minimum absolute atomic E-state index is 0.109. The van der Waals surface area contributed by atoms with Crippen molar-refractivity contribution in [2.24, 2.45) is 0 Å². The van der Waals surface area contributed by atoms with Crippen molar-refractivity contribution in [3.8, 4) is 0 Å². The largest absolute Gasteiger partial charge is 0.460 e. The molecule has 0 spiro atoms. The van der Waals surface area contributed by atoms with Gasteiger partial charge in [0.1, 0.15) is 12.2 Å². The number of cyclic esters (lactones) is 2. The molecule has 272 valence electrons. The lowest BCUT2D eigenvalue weighted by molar-refractivity contribution is -0.279. The Morgan fingerprint density at radius 3 is 1.56 bits per heavy atom. The van der Waals surface area contributed by atoms with Crippen LogP contribution in [0.3, 0.4) is 0 Å². The predicted octanol–water partition coefficient (Wildman–Crippen LogP) is 5.79. The molecule has 0 saturated carbocycles. The van der Waals surface area contributed by atoms with Gasteiger partial charge in [0.25, 0.3) is 11.2 Å². The van der Waals surface area contributed by atoms with Gasteiger partial charge in [0.15, 0.2) is 6.10 Å². The molecule has 1 aliphatic heterocycles. The average molecular weight is 717 g/mol. The second-order valence-corrected chi connectivity index (χ2v) is 11.0. The highest BCUT2D eigenvalue weighted by molar-refractivity contribution is 5.85. The Kier molecular flexibility index (Phi) is 13.0. The molecule has 2 aromatic carbocycles. The number of hydrogen-bond acceptors (Lipinski definition) is 10. The average Bonchev–Trinajstić information content (AvgIpc) is 3.04. The zero-order valence-corrected chi connectivity index (χ0v) is 27.2. The van der Waals surface area contributed by atoms with Crippen molar-refractivity contribution in [1.29, 1.82) is 0 Å². The van der Waals surface area contributed by atoms with Crippen molar-refractivity contribution < 1.29 is 73.9 Å². The quantitative estimate of drug-likeness (QED) is 0.189. The number of methoxy groups -OCH3 is 2. The highest BCUT2D eigenvalue weighted by atomic mass is 19.4. The molecular weight excluding hydrogens is 682 g/mol. The zero-order chi connectivity index (χ0) is 37.3. The van der Waals surface area contributed by atoms with E-state index in [1.165, 1.54) is 43.3 Å². The molecule has 0 aliphatic carbocycles. The van der Waals surface area contributed by atoms with Gasteiger partial charge in [0, 0.05) is 37.5 Å². The summed E-state index contributed by atoms with van der Waals surface area (Å²) in [6.45, 7) is 2.54. The van der Waals surface area contributed by atoms with Gasteiger partial charge >= 0.3 is 36.2 Å².